The summed E-state index contributed by atoms with van der Waals surface area (Å²) in [6.07, 6.45) is 1.71. The zero-order valence-electron chi connectivity index (χ0n) is 11.9. The Morgan fingerprint density at radius 3 is 3.00 bits per heavy atom. The van der Waals surface area contributed by atoms with Crippen LogP contribution < -0.4 is 15.5 Å². The highest BCUT2D eigenvalue weighted by molar-refractivity contribution is 5.50. The molecule has 6 heteroatoms. The summed E-state index contributed by atoms with van der Waals surface area (Å²) < 4.78 is 5.57. The van der Waals surface area contributed by atoms with E-state index in [9.17, 15) is 0 Å². The van der Waals surface area contributed by atoms with E-state index in [0.29, 0.717) is 19.2 Å². The van der Waals surface area contributed by atoms with Gasteiger partial charge in [0.05, 0.1) is 12.7 Å². The maximum atomic E-state index is 5.67. The van der Waals surface area contributed by atoms with E-state index >= 15 is 0 Å². The van der Waals surface area contributed by atoms with E-state index in [0.717, 1.165) is 24.7 Å². The molecule has 6 nitrogen and oxygen atoms in total. The number of hydrogen-bond acceptors (Lipinski definition) is 6. The minimum atomic E-state index is 0.0926. The molecule has 1 aliphatic rings. The summed E-state index contributed by atoms with van der Waals surface area (Å²) in [5.41, 5.74) is 5.67. The molecule has 0 bridgehead atoms. The Morgan fingerprint density at radius 2 is 2.32 bits per heavy atom. The first kappa shape index (κ1) is 14.0. The van der Waals surface area contributed by atoms with E-state index in [2.05, 4.69) is 33.6 Å². The summed E-state index contributed by atoms with van der Waals surface area (Å²) >= 11 is 0. The number of aromatic nitrogens is 2. The van der Waals surface area contributed by atoms with Crippen molar-refractivity contribution in [3.8, 4) is 0 Å². The van der Waals surface area contributed by atoms with Gasteiger partial charge in [0.1, 0.15) is 18.0 Å². The summed E-state index contributed by atoms with van der Waals surface area (Å²) in [6.45, 7) is 7.15. The summed E-state index contributed by atoms with van der Waals surface area (Å²) in [7, 11) is 2.04. The van der Waals surface area contributed by atoms with Crippen LogP contribution in [0.3, 0.4) is 0 Å². The predicted octanol–water partition coefficient (Wildman–Crippen LogP) is 0.485. The molecule has 2 heterocycles. The van der Waals surface area contributed by atoms with E-state index < -0.39 is 0 Å². The standard InChI is InChI=1S/C13H23N5O/c1-10(2)17(3)12-6-13(16-9-15-12)18-4-5-19-11(7-14)8-18/h6,9-11H,4-5,7-8,14H2,1-3H3. The van der Waals surface area contributed by atoms with Crippen molar-refractivity contribution < 1.29 is 4.74 Å². The molecule has 1 saturated heterocycles. The van der Waals surface area contributed by atoms with E-state index in [1.54, 1.807) is 6.33 Å². The molecule has 1 fully saturated rings. The largest absolute Gasteiger partial charge is 0.373 e. The third-order valence-corrected chi connectivity index (χ3v) is 3.50. The number of nitrogens with two attached hydrogens (primary N) is 1. The third-order valence-electron chi connectivity index (χ3n) is 3.50. The van der Waals surface area contributed by atoms with Gasteiger partial charge in [0.25, 0.3) is 0 Å². The van der Waals surface area contributed by atoms with Crippen molar-refractivity contribution in [1.82, 2.24) is 9.97 Å². The molecule has 0 aliphatic carbocycles. The highest BCUT2D eigenvalue weighted by Crippen LogP contribution is 2.20. The lowest BCUT2D eigenvalue weighted by molar-refractivity contribution is 0.0463. The second kappa shape index (κ2) is 6.16. The number of anilines is 2. The molecule has 0 saturated carbocycles. The average molecular weight is 265 g/mol. The van der Waals surface area contributed by atoms with E-state index in [1.165, 1.54) is 0 Å². The first-order valence-electron chi connectivity index (χ1n) is 6.73. The van der Waals surface area contributed by atoms with Crippen LogP contribution in [0, 0.1) is 0 Å². The number of morpholine rings is 1. The summed E-state index contributed by atoms with van der Waals surface area (Å²) in [5.74, 6) is 1.88. The molecule has 0 amide bonds. The first-order valence-corrected chi connectivity index (χ1v) is 6.73. The molecule has 1 aliphatic heterocycles. The molecule has 1 aromatic heterocycles. The fourth-order valence-corrected chi connectivity index (χ4v) is 2.04. The minimum absolute atomic E-state index is 0.0926. The van der Waals surface area contributed by atoms with Gasteiger partial charge in [0.15, 0.2) is 0 Å². The second-order valence-electron chi connectivity index (χ2n) is 5.11. The zero-order chi connectivity index (χ0) is 13.8. The van der Waals surface area contributed by atoms with Crippen LogP contribution in [-0.4, -0.2) is 55.4 Å². The second-order valence-corrected chi connectivity index (χ2v) is 5.11. The van der Waals surface area contributed by atoms with Gasteiger partial charge < -0.3 is 20.3 Å². The molecule has 0 radical (unpaired) electrons. The Bertz CT molecular complexity index is 412. The Kier molecular flexibility index (Phi) is 4.55. The summed E-state index contributed by atoms with van der Waals surface area (Å²) in [4.78, 5) is 13.0. The van der Waals surface area contributed by atoms with Gasteiger partial charge in [-0.15, -0.1) is 0 Å². The van der Waals surface area contributed by atoms with Crippen LogP contribution in [0.15, 0.2) is 12.4 Å². The number of ether oxygens (including phenoxy) is 1. The van der Waals surface area contributed by atoms with Crippen LogP contribution >= 0.6 is 0 Å². The van der Waals surface area contributed by atoms with Gasteiger partial charge in [-0.05, 0) is 13.8 Å². The van der Waals surface area contributed by atoms with Crippen LogP contribution in [0.2, 0.25) is 0 Å². The molecule has 2 N–H and O–H groups in total. The van der Waals surface area contributed by atoms with Gasteiger partial charge in [-0.3, -0.25) is 0 Å². The number of rotatable bonds is 4. The van der Waals surface area contributed by atoms with E-state index in [1.807, 2.05) is 13.1 Å². The lowest BCUT2D eigenvalue weighted by Gasteiger charge is -2.33. The van der Waals surface area contributed by atoms with Crippen molar-refractivity contribution in [2.75, 3.05) is 43.1 Å². The van der Waals surface area contributed by atoms with Gasteiger partial charge in [-0.1, -0.05) is 0 Å². The van der Waals surface area contributed by atoms with Gasteiger partial charge in [0.2, 0.25) is 0 Å². The average Bonchev–Trinajstić information content (AvgIpc) is 2.46. The molecule has 1 unspecified atom stereocenters. The number of hydrogen-bond donors (Lipinski definition) is 1. The molecule has 1 aromatic rings. The smallest absolute Gasteiger partial charge is 0.134 e. The highest BCUT2D eigenvalue weighted by atomic mass is 16.5. The number of nitrogens with zero attached hydrogens (tertiary/aromatic N) is 4. The van der Waals surface area contributed by atoms with Crippen molar-refractivity contribution in [2.24, 2.45) is 5.73 Å². The highest BCUT2D eigenvalue weighted by Gasteiger charge is 2.21. The Balaban J connectivity index is 2.14. The third kappa shape index (κ3) is 3.33. The maximum Gasteiger partial charge on any atom is 0.134 e. The van der Waals surface area contributed by atoms with Gasteiger partial charge >= 0.3 is 0 Å². The molecular formula is C13H23N5O. The van der Waals surface area contributed by atoms with Gasteiger partial charge in [-0.2, -0.15) is 0 Å². The SMILES string of the molecule is CC(C)N(C)c1cc(N2CCOC(CN)C2)ncn1. The predicted molar refractivity (Wildman–Crippen MR) is 76.6 cm³/mol. The topological polar surface area (TPSA) is 67.5 Å². The zero-order valence-corrected chi connectivity index (χ0v) is 11.9. The summed E-state index contributed by atoms with van der Waals surface area (Å²) in [6, 6.07) is 2.43. The Morgan fingerprint density at radius 1 is 1.53 bits per heavy atom. The van der Waals surface area contributed by atoms with Gasteiger partial charge in [0, 0.05) is 38.8 Å². The maximum absolute atomic E-state index is 5.67. The van der Waals surface area contributed by atoms with Crippen LogP contribution in [0.1, 0.15) is 13.8 Å². The normalized spacial score (nSPS) is 19.8. The quantitative estimate of drug-likeness (QED) is 0.854. The fraction of sp³-hybridized carbons (Fsp3) is 0.692. The van der Waals surface area contributed by atoms with Crippen LogP contribution in [-0.2, 0) is 4.74 Å². The monoisotopic (exact) mass is 265 g/mol. The van der Waals surface area contributed by atoms with Gasteiger partial charge in [-0.25, -0.2) is 9.97 Å². The molecule has 2 rings (SSSR count). The molecule has 1 atom stereocenters. The minimum Gasteiger partial charge on any atom is -0.373 e. The van der Waals surface area contributed by atoms with Crippen LogP contribution in [0.25, 0.3) is 0 Å². The molecule has 0 aromatic carbocycles. The molecule has 106 valence electrons. The molecule has 0 spiro atoms. The van der Waals surface area contributed by atoms with Crippen LogP contribution in [0.5, 0.6) is 0 Å². The van der Waals surface area contributed by atoms with E-state index in [-0.39, 0.29) is 6.10 Å². The fourth-order valence-electron chi connectivity index (χ4n) is 2.04. The Labute approximate surface area is 114 Å². The molecular weight excluding hydrogens is 242 g/mol. The lowest BCUT2D eigenvalue weighted by atomic mass is 10.2. The lowest BCUT2D eigenvalue weighted by Crippen LogP contribution is -2.46. The summed E-state index contributed by atoms with van der Waals surface area (Å²) in [5, 5.41) is 0. The van der Waals surface area contributed by atoms with Crippen molar-refractivity contribution >= 4 is 11.6 Å². The Hall–Kier alpha value is -1.40. The van der Waals surface area contributed by atoms with Crippen molar-refractivity contribution in [3.05, 3.63) is 12.4 Å². The van der Waals surface area contributed by atoms with E-state index in [4.69, 9.17) is 10.5 Å². The first-order chi connectivity index (χ1) is 9.11. The van der Waals surface area contributed by atoms with Crippen molar-refractivity contribution in [3.63, 3.8) is 0 Å². The van der Waals surface area contributed by atoms with Crippen LogP contribution in [0.4, 0.5) is 11.6 Å². The van der Waals surface area contributed by atoms with Crippen molar-refractivity contribution in [2.45, 2.75) is 26.0 Å². The molecule has 19 heavy (non-hydrogen) atoms. The van der Waals surface area contributed by atoms with Crippen molar-refractivity contribution in [1.29, 1.82) is 0 Å².